The average Bonchev–Trinajstić information content (AvgIpc) is 2.42. The Hall–Kier alpha value is -1.88. The Bertz CT molecular complexity index is 466. The third-order valence-electron chi connectivity index (χ3n) is 2.28. The molecule has 0 unspecified atom stereocenters. The predicted octanol–water partition coefficient (Wildman–Crippen LogP) is 2.78. The van der Waals surface area contributed by atoms with Crippen molar-refractivity contribution in [3.05, 3.63) is 29.3 Å². The molecular formula is C14H16ClNO4. The second-order valence-corrected chi connectivity index (χ2v) is 4.17. The molecule has 0 fully saturated rings. The normalized spacial score (nSPS) is 10.8. The van der Waals surface area contributed by atoms with Crippen LogP contribution in [0.1, 0.15) is 13.8 Å². The summed E-state index contributed by atoms with van der Waals surface area (Å²) in [6.07, 6.45) is 1.22. The van der Waals surface area contributed by atoms with Crippen LogP contribution >= 0.6 is 11.6 Å². The van der Waals surface area contributed by atoms with Crippen molar-refractivity contribution in [2.45, 2.75) is 13.8 Å². The minimum atomic E-state index is -1.16. The quantitative estimate of drug-likeness (QED) is 0.460. The molecule has 0 aliphatic carbocycles. The molecule has 0 bridgehead atoms. The SMILES string of the molecule is CCOC(=O)C(C=Nc1ccc(Cl)cc1)C(=O)OCC. The maximum atomic E-state index is 11.7. The minimum Gasteiger partial charge on any atom is -0.465 e. The number of halogens is 1. The molecule has 0 atom stereocenters. The molecule has 0 aliphatic heterocycles. The van der Waals surface area contributed by atoms with Crippen LogP contribution in [0.2, 0.25) is 5.02 Å². The van der Waals surface area contributed by atoms with Gasteiger partial charge in [0.15, 0.2) is 5.92 Å². The second kappa shape index (κ2) is 8.32. The third-order valence-corrected chi connectivity index (χ3v) is 2.53. The van der Waals surface area contributed by atoms with Gasteiger partial charge in [-0.15, -0.1) is 0 Å². The van der Waals surface area contributed by atoms with Gasteiger partial charge in [-0.05, 0) is 38.1 Å². The molecule has 0 amide bonds. The van der Waals surface area contributed by atoms with Gasteiger partial charge in [0.1, 0.15) is 0 Å². The van der Waals surface area contributed by atoms with E-state index in [1.807, 2.05) is 0 Å². The van der Waals surface area contributed by atoms with Gasteiger partial charge >= 0.3 is 11.9 Å². The van der Waals surface area contributed by atoms with E-state index in [-0.39, 0.29) is 13.2 Å². The van der Waals surface area contributed by atoms with Crippen LogP contribution in [0.25, 0.3) is 0 Å². The molecule has 0 saturated carbocycles. The van der Waals surface area contributed by atoms with E-state index in [0.717, 1.165) is 0 Å². The molecule has 20 heavy (non-hydrogen) atoms. The molecule has 1 aromatic carbocycles. The summed E-state index contributed by atoms with van der Waals surface area (Å²) in [5, 5.41) is 0.580. The van der Waals surface area contributed by atoms with Crippen LogP contribution in [0.4, 0.5) is 5.69 Å². The van der Waals surface area contributed by atoms with Crippen LogP contribution in [-0.4, -0.2) is 31.4 Å². The molecular weight excluding hydrogens is 282 g/mol. The van der Waals surface area contributed by atoms with Gasteiger partial charge in [-0.1, -0.05) is 11.6 Å². The molecule has 5 nitrogen and oxygen atoms in total. The standard InChI is InChI=1S/C14H16ClNO4/c1-3-19-13(17)12(14(18)20-4-2)9-16-11-7-5-10(15)6-8-11/h5-9,12H,3-4H2,1-2H3. The van der Waals surface area contributed by atoms with Crippen molar-refractivity contribution in [2.24, 2.45) is 10.9 Å². The van der Waals surface area contributed by atoms with E-state index >= 15 is 0 Å². The lowest BCUT2D eigenvalue weighted by molar-refractivity contribution is -0.157. The fourth-order valence-corrected chi connectivity index (χ4v) is 1.50. The first-order valence-corrected chi connectivity index (χ1v) is 6.59. The van der Waals surface area contributed by atoms with Gasteiger partial charge in [0.05, 0.1) is 18.9 Å². The molecule has 0 spiro atoms. The fourth-order valence-electron chi connectivity index (χ4n) is 1.37. The van der Waals surface area contributed by atoms with Crippen molar-refractivity contribution >= 4 is 35.4 Å². The highest BCUT2D eigenvalue weighted by Gasteiger charge is 2.27. The number of esters is 2. The first-order chi connectivity index (χ1) is 9.58. The summed E-state index contributed by atoms with van der Waals surface area (Å²) in [7, 11) is 0. The third kappa shape index (κ3) is 5.01. The highest BCUT2D eigenvalue weighted by molar-refractivity contribution is 6.30. The van der Waals surface area contributed by atoms with Gasteiger partial charge in [-0.3, -0.25) is 14.6 Å². The Labute approximate surface area is 122 Å². The number of ether oxygens (including phenoxy) is 2. The van der Waals surface area contributed by atoms with E-state index in [9.17, 15) is 9.59 Å². The van der Waals surface area contributed by atoms with Gasteiger partial charge in [0.2, 0.25) is 0 Å². The zero-order valence-electron chi connectivity index (χ0n) is 11.3. The largest absolute Gasteiger partial charge is 0.465 e. The highest BCUT2D eigenvalue weighted by atomic mass is 35.5. The number of carbonyl (C=O) groups excluding carboxylic acids is 2. The van der Waals surface area contributed by atoms with Crippen LogP contribution < -0.4 is 0 Å². The number of benzene rings is 1. The monoisotopic (exact) mass is 297 g/mol. The lowest BCUT2D eigenvalue weighted by Crippen LogP contribution is -2.29. The zero-order chi connectivity index (χ0) is 15.0. The number of carbonyl (C=O) groups is 2. The first-order valence-electron chi connectivity index (χ1n) is 6.21. The van der Waals surface area contributed by atoms with Gasteiger partial charge in [-0.25, -0.2) is 0 Å². The molecule has 0 radical (unpaired) electrons. The summed E-state index contributed by atoms with van der Waals surface area (Å²) in [5.41, 5.74) is 0.577. The Morgan fingerprint density at radius 1 is 1.15 bits per heavy atom. The number of hydrogen-bond donors (Lipinski definition) is 0. The van der Waals surface area contributed by atoms with Crippen molar-refractivity contribution < 1.29 is 19.1 Å². The summed E-state index contributed by atoms with van der Waals surface area (Å²) in [6, 6.07) is 6.67. The van der Waals surface area contributed by atoms with Crippen LogP contribution in [-0.2, 0) is 19.1 Å². The van der Waals surface area contributed by atoms with E-state index in [4.69, 9.17) is 21.1 Å². The van der Waals surface area contributed by atoms with Crippen molar-refractivity contribution in [1.82, 2.24) is 0 Å². The summed E-state index contributed by atoms with van der Waals surface area (Å²) in [4.78, 5) is 27.5. The van der Waals surface area contributed by atoms with Gasteiger partial charge in [0, 0.05) is 11.2 Å². The summed E-state index contributed by atoms with van der Waals surface area (Å²) >= 11 is 5.76. The van der Waals surface area contributed by atoms with Gasteiger partial charge in [-0.2, -0.15) is 0 Å². The average molecular weight is 298 g/mol. The summed E-state index contributed by atoms with van der Waals surface area (Å²) < 4.78 is 9.65. The number of nitrogens with zero attached hydrogens (tertiary/aromatic N) is 1. The number of hydrogen-bond acceptors (Lipinski definition) is 5. The molecule has 0 saturated heterocycles. The molecule has 0 aliphatic rings. The van der Waals surface area contributed by atoms with Crippen molar-refractivity contribution in [3.8, 4) is 0 Å². The molecule has 1 aromatic rings. The Morgan fingerprint density at radius 2 is 1.65 bits per heavy atom. The van der Waals surface area contributed by atoms with Crippen LogP contribution in [0.15, 0.2) is 29.3 Å². The summed E-state index contributed by atoms with van der Waals surface area (Å²) in [5.74, 6) is -2.52. The summed E-state index contributed by atoms with van der Waals surface area (Å²) in [6.45, 7) is 3.69. The van der Waals surface area contributed by atoms with E-state index < -0.39 is 17.9 Å². The molecule has 108 valence electrons. The van der Waals surface area contributed by atoms with Crippen molar-refractivity contribution in [3.63, 3.8) is 0 Å². The van der Waals surface area contributed by atoms with Crippen LogP contribution in [0.5, 0.6) is 0 Å². The van der Waals surface area contributed by atoms with Gasteiger partial charge in [0.25, 0.3) is 0 Å². The number of rotatable bonds is 6. The Morgan fingerprint density at radius 3 is 2.10 bits per heavy atom. The van der Waals surface area contributed by atoms with E-state index in [1.165, 1.54) is 6.21 Å². The molecule has 0 aromatic heterocycles. The van der Waals surface area contributed by atoms with Crippen molar-refractivity contribution in [1.29, 1.82) is 0 Å². The zero-order valence-corrected chi connectivity index (χ0v) is 12.1. The van der Waals surface area contributed by atoms with Crippen LogP contribution in [0, 0.1) is 5.92 Å². The Balaban J connectivity index is 2.85. The smallest absolute Gasteiger partial charge is 0.325 e. The van der Waals surface area contributed by atoms with E-state index in [1.54, 1.807) is 38.1 Å². The highest BCUT2D eigenvalue weighted by Crippen LogP contribution is 2.16. The fraction of sp³-hybridized carbons (Fsp3) is 0.357. The van der Waals surface area contributed by atoms with Crippen molar-refractivity contribution in [2.75, 3.05) is 13.2 Å². The maximum Gasteiger partial charge on any atom is 0.325 e. The van der Waals surface area contributed by atoms with E-state index in [0.29, 0.717) is 10.7 Å². The molecule has 0 N–H and O–H groups in total. The lowest BCUT2D eigenvalue weighted by Gasteiger charge is -2.09. The Kier molecular flexibility index (Phi) is 6.73. The van der Waals surface area contributed by atoms with E-state index in [2.05, 4.69) is 4.99 Å². The predicted molar refractivity (Wildman–Crippen MR) is 76.4 cm³/mol. The van der Waals surface area contributed by atoms with Crippen LogP contribution in [0.3, 0.4) is 0 Å². The molecule has 0 heterocycles. The molecule has 1 rings (SSSR count). The minimum absolute atomic E-state index is 0.184. The van der Waals surface area contributed by atoms with Gasteiger partial charge < -0.3 is 9.47 Å². The molecule has 6 heteroatoms. The maximum absolute atomic E-state index is 11.7. The second-order valence-electron chi connectivity index (χ2n) is 3.74. The first kappa shape index (κ1) is 16.2. The topological polar surface area (TPSA) is 65.0 Å². The number of aliphatic imine (C=N–C) groups is 1. The lowest BCUT2D eigenvalue weighted by atomic mass is 10.1.